The van der Waals surface area contributed by atoms with Gasteiger partial charge in [0.25, 0.3) is 0 Å². The summed E-state index contributed by atoms with van der Waals surface area (Å²) in [7, 11) is 0. The Labute approximate surface area is 254 Å². The van der Waals surface area contributed by atoms with Crippen LogP contribution in [0.5, 0.6) is 17.2 Å². The van der Waals surface area contributed by atoms with Gasteiger partial charge < -0.3 is 19.4 Å². The van der Waals surface area contributed by atoms with Crippen LogP contribution in [-0.2, 0) is 4.79 Å². The molecule has 8 heteroatoms. The maximum absolute atomic E-state index is 12.9. The normalized spacial score (nSPS) is 20.4. The molecule has 3 aromatic rings. The molecule has 38 heavy (non-hydrogen) atoms. The van der Waals surface area contributed by atoms with Gasteiger partial charge in [-0.25, -0.2) is 0 Å². The van der Waals surface area contributed by atoms with Gasteiger partial charge in [-0.15, -0.1) is 0 Å². The Balaban J connectivity index is 0.00000336. The molecule has 0 spiro atoms. The summed E-state index contributed by atoms with van der Waals surface area (Å²) in [4.78, 5) is 24.4. The molecular formula is C30H27Cl2NaO5. The molecule has 0 N–H and O–H groups in total. The molecule has 1 heterocycles. The molecule has 0 bridgehead atoms. The Kier molecular flexibility index (Phi) is 9.83. The molecule has 1 fully saturated rings. The van der Waals surface area contributed by atoms with Crippen molar-refractivity contribution in [3.8, 4) is 17.2 Å². The van der Waals surface area contributed by atoms with Crippen LogP contribution in [0.3, 0.4) is 0 Å². The van der Waals surface area contributed by atoms with Crippen molar-refractivity contribution in [3.63, 3.8) is 0 Å². The Morgan fingerprint density at radius 2 is 1.61 bits per heavy atom. The number of hydrogen-bond acceptors (Lipinski definition) is 5. The number of hydrogen-bond donors (Lipinski definition) is 0. The summed E-state index contributed by atoms with van der Waals surface area (Å²) in [6, 6.07) is 18.3. The van der Waals surface area contributed by atoms with Crippen molar-refractivity contribution in [2.24, 2.45) is 5.92 Å². The molecule has 1 aliphatic carbocycles. The number of fused-ring (bicyclic) bond motifs is 1. The van der Waals surface area contributed by atoms with Crippen LogP contribution in [0.2, 0.25) is 10.0 Å². The van der Waals surface area contributed by atoms with Gasteiger partial charge in [0.1, 0.15) is 17.2 Å². The van der Waals surface area contributed by atoms with E-state index in [0.717, 1.165) is 30.7 Å². The molecule has 0 amide bonds. The zero-order valence-electron chi connectivity index (χ0n) is 21.3. The summed E-state index contributed by atoms with van der Waals surface area (Å²) < 4.78 is 11.5. The van der Waals surface area contributed by atoms with E-state index in [0.29, 0.717) is 53.1 Å². The summed E-state index contributed by atoms with van der Waals surface area (Å²) in [6.45, 7) is 0.284. The van der Waals surface area contributed by atoms with Crippen LogP contribution in [0.4, 0.5) is 0 Å². The quantitative estimate of drug-likeness (QED) is 0.323. The van der Waals surface area contributed by atoms with Gasteiger partial charge in [-0.2, -0.15) is 0 Å². The first-order valence-electron chi connectivity index (χ1n) is 12.6. The van der Waals surface area contributed by atoms with E-state index < -0.39 is 11.9 Å². The van der Waals surface area contributed by atoms with E-state index in [1.165, 1.54) is 5.56 Å². The first-order valence-corrected chi connectivity index (χ1v) is 13.4. The molecule has 0 aromatic heterocycles. The van der Waals surface area contributed by atoms with Crippen molar-refractivity contribution in [2.75, 3.05) is 6.61 Å². The van der Waals surface area contributed by atoms with Gasteiger partial charge in [-0.3, -0.25) is 4.79 Å². The van der Waals surface area contributed by atoms with E-state index in [4.69, 9.17) is 32.7 Å². The minimum Gasteiger partial charge on any atom is -0.549 e. The number of carboxylic acids is 1. The number of Topliss-reactive ketones (excluding diaryl/α,β-unsaturated/α-hetero) is 1. The summed E-state index contributed by atoms with van der Waals surface area (Å²) in [5.41, 5.74) is 2.48. The molecule has 1 unspecified atom stereocenters. The zero-order chi connectivity index (χ0) is 25.9. The van der Waals surface area contributed by atoms with Crippen LogP contribution in [-0.4, -0.2) is 18.4 Å². The molecule has 0 saturated heterocycles. The van der Waals surface area contributed by atoms with Crippen LogP contribution < -0.4 is 44.1 Å². The van der Waals surface area contributed by atoms with Crippen molar-refractivity contribution in [2.45, 2.75) is 50.4 Å². The van der Waals surface area contributed by atoms with Gasteiger partial charge in [0.15, 0.2) is 5.78 Å². The number of ketones is 1. The van der Waals surface area contributed by atoms with E-state index in [9.17, 15) is 14.7 Å². The molecule has 2 aliphatic rings. The SMILES string of the molecule is O=C(CC1CCC(c2ccc(Cl)cc2)CC1)c1ccc(Oc2cc3c(cc2Cl)C(C(=O)[O-])CCO3)cc1.[Na+]. The second-order valence-corrected chi connectivity index (χ2v) is 10.7. The minimum absolute atomic E-state index is 0. The van der Waals surface area contributed by atoms with Gasteiger partial charge in [-0.05, 0) is 92.0 Å². The molecule has 3 aromatic carbocycles. The standard InChI is InChI=1S/C30H28Cl2O5.Na/c31-22-9-5-20(6-10-22)19-3-1-18(2-4-19)15-27(33)21-7-11-23(12-8-21)37-29-17-28-25(16-26(29)32)24(30(34)35)13-14-36-28;/h5-12,16-19,24H,1-4,13-15H2,(H,34,35);/q;+1/p-1. The van der Waals surface area contributed by atoms with Crippen LogP contribution in [0.1, 0.15) is 71.8 Å². The summed E-state index contributed by atoms with van der Waals surface area (Å²) in [5, 5.41) is 12.5. The number of carbonyl (C=O) groups is 2. The molecular weight excluding hydrogens is 534 g/mol. The number of carboxylic acid groups (broad SMARTS) is 1. The fourth-order valence-corrected chi connectivity index (χ4v) is 5.70. The topological polar surface area (TPSA) is 75.7 Å². The maximum Gasteiger partial charge on any atom is 1.00 e. The van der Waals surface area contributed by atoms with E-state index in [-0.39, 0.29) is 47.0 Å². The zero-order valence-corrected chi connectivity index (χ0v) is 24.8. The third kappa shape index (κ3) is 6.75. The van der Waals surface area contributed by atoms with E-state index in [1.54, 1.807) is 36.4 Å². The molecule has 5 rings (SSSR count). The fourth-order valence-electron chi connectivity index (χ4n) is 5.36. The number of aliphatic carboxylic acids is 1. The van der Waals surface area contributed by atoms with Crippen LogP contribution >= 0.6 is 23.2 Å². The number of benzene rings is 3. The summed E-state index contributed by atoms with van der Waals surface area (Å²) in [5.74, 6) is 0.466. The van der Waals surface area contributed by atoms with Gasteiger partial charge >= 0.3 is 29.6 Å². The van der Waals surface area contributed by atoms with Crippen molar-refractivity contribution < 1.29 is 53.7 Å². The molecule has 1 aliphatic heterocycles. The molecule has 0 radical (unpaired) electrons. The van der Waals surface area contributed by atoms with Gasteiger partial charge in [0, 0.05) is 40.5 Å². The second kappa shape index (κ2) is 12.9. The van der Waals surface area contributed by atoms with Gasteiger partial charge in [0.2, 0.25) is 0 Å². The predicted octanol–water partition coefficient (Wildman–Crippen LogP) is 3.95. The third-order valence-electron chi connectivity index (χ3n) is 7.45. The van der Waals surface area contributed by atoms with Crippen molar-refractivity contribution in [1.29, 1.82) is 0 Å². The maximum atomic E-state index is 12.9. The summed E-state index contributed by atoms with van der Waals surface area (Å²) >= 11 is 12.4. The Morgan fingerprint density at radius 1 is 0.921 bits per heavy atom. The molecule has 192 valence electrons. The van der Waals surface area contributed by atoms with Gasteiger partial charge in [0.05, 0.1) is 11.6 Å². The largest absolute Gasteiger partial charge is 1.00 e. The predicted molar refractivity (Wildman–Crippen MR) is 141 cm³/mol. The van der Waals surface area contributed by atoms with Crippen molar-refractivity contribution in [1.82, 2.24) is 0 Å². The molecule has 1 saturated carbocycles. The number of carbonyl (C=O) groups excluding carboxylic acids is 2. The van der Waals surface area contributed by atoms with Crippen LogP contribution in [0.25, 0.3) is 0 Å². The fraction of sp³-hybridized carbons (Fsp3) is 0.333. The second-order valence-electron chi connectivity index (χ2n) is 9.85. The van der Waals surface area contributed by atoms with Crippen LogP contribution in [0.15, 0.2) is 60.7 Å². The molecule has 1 atom stereocenters. The van der Waals surface area contributed by atoms with E-state index in [2.05, 4.69) is 12.1 Å². The van der Waals surface area contributed by atoms with Gasteiger partial charge in [-0.1, -0.05) is 35.3 Å². The Hall–Kier alpha value is -2.02. The Morgan fingerprint density at radius 3 is 2.26 bits per heavy atom. The Bertz CT molecular complexity index is 1290. The smallest absolute Gasteiger partial charge is 0.549 e. The van der Waals surface area contributed by atoms with E-state index in [1.807, 2.05) is 12.1 Å². The first kappa shape index (κ1) is 29.0. The average Bonchev–Trinajstić information content (AvgIpc) is 2.90. The number of rotatable bonds is 7. The van der Waals surface area contributed by atoms with Crippen molar-refractivity contribution in [3.05, 3.63) is 87.4 Å². The minimum atomic E-state index is -1.15. The monoisotopic (exact) mass is 560 g/mol. The van der Waals surface area contributed by atoms with Crippen LogP contribution in [0, 0.1) is 5.92 Å². The molecule has 5 nitrogen and oxygen atoms in total. The average molecular weight is 561 g/mol. The first-order chi connectivity index (χ1) is 17.9. The van der Waals surface area contributed by atoms with E-state index >= 15 is 0 Å². The number of ether oxygens (including phenoxy) is 2. The summed E-state index contributed by atoms with van der Waals surface area (Å²) in [6.07, 6.45) is 5.13. The third-order valence-corrected chi connectivity index (χ3v) is 8.00. The number of halogens is 2. The van der Waals surface area contributed by atoms with Crippen molar-refractivity contribution >= 4 is 35.0 Å².